The number of nitrogens with one attached hydrogen (secondary N) is 1. The number of carbonyl (C=O) groups is 1. The highest BCUT2D eigenvalue weighted by Crippen LogP contribution is 2.39. The van der Waals surface area contributed by atoms with Gasteiger partial charge in [0.05, 0.1) is 23.9 Å². The van der Waals surface area contributed by atoms with Crippen LogP contribution in [0.25, 0.3) is 10.9 Å². The van der Waals surface area contributed by atoms with Gasteiger partial charge in [-0.25, -0.2) is 9.37 Å². The van der Waals surface area contributed by atoms with E-state index in [1.807, 2.05) is 34.0 Å². The smallest absolute Gasteiger partial charge is 0.325 e. The maximum Gasteiger partial charge on any atom is 0.325 e. The van der Waals surface area contributed by atoms with E-state index in [4.69, 9.17) is 9.72 Å². The van der Waals surface area contributed by atoms with E-state index in [1.54, 1.807) is 7.11 Å². The normalized spacial score (nSPS) is 24.3. The second kappa shape index (κ2) is 11.8. The number of anilines is 1. The van der Waals surface area contributed by atoms with Crippen LogP contribution in [-0.4, -0.2) is 69.8 Å². The molecule has 8 nitrogen and oxygen atoms in total. The number of fused-ring (bicyclic) bond motifs is 2. The van der Waals surface area contributed by atoms with Crippen LogP contribution in [0.3, 0.4) is 0 Å². The standard InChI is InChI=1S/C31H40FN5O3/c1-40-25-16-24(17-25)37-28-21(18-34-37)6-4-9-26(28)29(31(38)39)36-15-13-22(19-36)27(32)10-3-2-8-23-12-11-20-7-5-14-33-30(20)35-23/h4,6,9,11-12,18,22,24-25,27,29H,2-3,5,7-8,10,13-17,19H2,1H3,(H,33,35)(H,38,39)/t22-,24?,25?,27-,29+/m1/s1. The van der Waals surface area contributed by atoms with E-state index < -0.39 is 18.2 Å². The molecule has 0 bridgehead atoms. The van der Waals surface area contributed by atoms with E-state index in [2.05, 4.69) is 22.5 Å². The van der Waals surface area contributed by atoms with Gasteiger partial charge >= 0.3 is 5.97 Å². The number of pyridine rings is 1. The van der Waals surface area contributed by atoms with Crippen LogP contribution >= 0.6 is 0 Å². The summed E-state index contributed by atoms with van der Waals surface area (Å²) in [4.78, 5) is 19.3. The molecular weight excluding hydrogens is 509 g/mol. The molecule has 1 aliphatic carbocycles. The third kappa shape index (κ3) is 5.46. The van der Waals surface area contributed by atoms with Crippen LogP contribution in [0, 0.1) is 5.92 Å². The molecule has 0 unspecified atom stereocenters. The van der Waals surface area contributed by atoms with Crippen LogP contribution < -0.4 is 5.32 Å². The predicted molar refractivity (Wildman–Crippen MR) is 152 cm³/mol. The highest BCUT2D eigenvalue weighted by molar-refractivity contribution is 5.88. The van der Waals surface area contributed by atoms with Crippen molar-refractivity contribution in [1.29, 1.82) is 0 Å². The molecule has 214 valence electrons. The van der Waals surface area contributed by atoms with E-state index in [0.29, 0.717) is 25.9 Å². The zero-order valence-electron chi connectivity index (χ0n) is 23.3. The van der Waals surface area contributed by atoms with Crippen molar-refractivity contribution in [3.8, 4) is 0 Å². The number of hydrogen-bond acceptors (Lipinski definition) is 6. The first-order valence-corrected chi connectivity index (χ1v) is 14.8. The number of aliphatic carboxylic acids is 1. The number of halogens is 1. The SMILES string of the molecule is COC1CC(n2ncc3cccc([C@@H](C(=O)O)N4CC[C@@H]([C@H](F)CCCCc5ccc6c(n5)NCCC6)C4)c32)C1. The molecule has 0 radical (unpaired) electrons. The van der Waals surface area contributed by atoms with E-state index in [1.165, 1.54) is 5.56 Å². The van der Waals surface area contributed by atoms with Gasteiger partial charge in [0, 0.05) is 42.8 Å². The number of likely N-dealkylation sites (tertiary alicyclic amines) is 1. The van der Waals surface area contributed by atoms with Gasteiger partial charge in [0.1, 0.15) is 18.0 Å². The second-order valence-electron chi connectivity index (χ2n) is 11.7. The molecule has 1 saturated carbocycles. The van der Waals surface area contributed by atoms with Gasteiger partial charge in [-0.3, -0.25) is 14.4 Å². The van der Waals surface area contributed by atoms with Crippen molar-refractivity contribution < 1.29 is 19.0 Å². The number of nitrogens with zero attached hydrogens (tertiary/aromatic N) is 4. The lowest BCUT2D eigenvalue weighted by molar-refractivity contribution is -0.143. The molecule has 1 saturated heterocycles. The number of carboxylic acid groups (broad SMARTS) is 1. The molecule has 3 aromatic rings. The topological polar surface area (TPSA) is 92.5 Å². The fraction of sp³-hybridized carbons (Fsp3) is 0.581. The highest BCUT2D eigenvalue weighted by Gasteiger charge is 2.39. The molecule has 2 aromatic heterocycles. The highest BCUT2D eigenvalue weighted by atomic mass is 19.1. The Morgan fingerprint density at radius 1 is 1.25 bits per heavy atom. The molecule has 2 aliphatic heterocycles. The van der Waals surface area contributed by atoms with Gasteiger partial charge in [0.2, 0.25) is 0 Å². The quantitative estimate of drug-likeness (QED) is 0.312. The Hall–Kier alpha value is -3.04. The lowest BCUT2D eigenvalue weighted by Gasteiger charge is -2.35. The van der Waals surface area contributed by atoms with Gasteiger partial charge in [-0.1, -0.05) is 30.7 Å². The Kier molecular flexibility index (Phi) is 8.03. The minimum absolute atomic E-state index is 0.147. The minimum atomic E-state index is -0.931. The monoisotopic (exact) mass is 549 g/mol. The van der Waals surface area contributed by atoms with E-state index in [0.717, 1.165) is 79.5 Å². The number of aryl methyl sites for hydroxylation is 2. The summed E-state index contributed by atoms with van der Waals surface area (Å²) in [5.41, 5.74) is 3.97. The molecular formula is C31H40FN5O3. The van der Waals surface area contributed by atoms with Gasteiger partial charge in [0.25, 0.3) is 0 Å². The molecule has 0 amide bonds. The van der Waals surface area contributed by atoms with Crippen LogP contribution in [0.1, 0.15) is 73.9 Å². The fourth-order valence-electron chi connectivity index (χ4n) is 6.78. The summed E-state index contributed by atoms with van der Waals surface area (Å²) in [7, 11) is 1.72. The van der Waals surface area contributed by atoms with Crippen LogP contribution in [0.15, 0.2) is 36.5 Å². The van der Waals surface area contributed by atoms with Crippen molar-refractivity contribution in [1.82, 2.24) is 19.7 Å². The Labute approximate surface area is 234 Å². The van der Waals surface area contributed by atoms with Crippen LogP contribution in [0.2, 0.25) is 0 Å². The van der Waals surface area contributed by atoms with Gasteiger partial charge < -0.3 is 15.2 Å². The Balaban J connectivity index is 1.07. The number of alkyl halides is 1. The molecule has 3 aliphatic rings. The first-order valence-electron chi connectivity index (χ1n) is 14.8. The van der Waals surface area contributed by atoms with Gasteiger partial charge in [-0.2, -0.15) is 5.10 Å². The number of para-hydroxylation sites is 1. The molecule has 1 aromatic carbocycles. The zero-order valence-corrected chi connectivity index (χ0v) is 23.3. The number of hydrogen-bond donors (Lipinski definition) is 2. The Morgan fingerprint density at radius 3 is 2.95 bits per heavy atom. The number of aromatic nitrogens is 3. The van der Waals surface area contributed by atoms with Crippen molar-refractivity contribution in [2.24, 2.45) is 5.92 Å². The van der Waals surface area contributed by atoms with E-state index in [9.17, 15) is 9.90 Å². The maximum atomic E-state index is 15.4. The van der Waals surface area contributed by atoms with Crippen molar-refractivity contribution in [3.63, 3.8) is 0 Å². The molecule has 0 spiro atoms. The van der Waals surface area contributed by atoms with Crippen molar-refractivity contribution in [3.05, 3.63) is 53.3 Å². The predicted octanol–water partition coefficient (Wildman–Crippen LogP) is 5.34. The second-order valence-corrected chi connectivity index (χ2v) is 11.7. The zero-order chi connectivity index (χ0) is 27.6. The molecule has 40 heavy (non-hydrogen) atoms. The van der Waals surface area contributed by atoms with Crippen molar-refractivity contribution in [2.75, 3.05) is 32.1 Å². The summed E-state index contributed by atoms with van der Waals surface area (Å²) >= 11 is 0. The number of rotatable bonds is 11. The summed E-state index contributed by atoms with van der Waals surface area (Å²) in [5, 5.41) is 19.3. The molecule has 6 rings (SSSR count). The summed E-state index contributed by atoms with van der Waals surface area (Å²) in [6.45, 7) is 2.01. The first-order chi connectivity index (χ1) is 19.5. The molecule has 4 heterocycles. The average Bonchev–Trinajstić information content (AvgIpc) is 3.59. The molecule has 2 fully saturated rings. The Bertz CT molecular complexity index is 1340. The van der Waals surface area contributed by atoms with E-state index in [-0.39, 0.29) is 18.1 Å². The number of unbranched alkanes of at least 4 members (excludes halogenated alkanes) is 1. The van der Waals surface area contributed by atoms with Gasteiger partial charge in [0.15, 0.2) is 0 Å². The average molecular weight is 550 g/mol. The first kappa shape index (κ1) is 27.1. The fourth-order valence-corrected chi connectivity index (χ4v) is 6.78. The number of benzene rings is 1. The molecule has 2 N–H and O–H groups in total. The number of carboxylic acids is 1. The third-order valence-electron chi connectivity index (χ3n) is 9.17. The summed E-state index contributed by atoms with van der Waals surface area (Å²) in [6.07, 6.45) is 8.80. The number of ether oxygens (including phenoxy) is 1. The lowest BCUT2D eigenvalue weighted by Crippen LogP contribution is -2.35. The third-order valence-corrected chi connectivity index (χ3v) is 9.17. The van der Waals surface area contributed by atoms with Gasteiger partial charge in [-0.05, 0) is 69.5 Å². The largest absolute Gasteiger partial charge is 0.480 e. The van der Waals surface area contributed by atoms with Crippen LogP contribution in [0.5, 0.6) is 0 Å². The minimum Gasteiger partial charge on any atom is -0.480 e. The molecule has 3 atom stereocenters. The van der Waals surface area contributed by atoms with Gasteiger partial charge in [-0.15, -0.1) is 0 Å². The van der Waals surface area contributed by atoms with E-state index >= 15 is 4.39 Å². The Morgan fingerprint density at radius 2 is 2.12 bits per heavy atom. The molecule has 9 heteroatoms. The summed E-state index contributed by atoms with van der Waals surface area (Å²) in [6, 6.07) is 9.43. The maximum absolute atomic E-state index is 15.4. The number of methoxy groups -OCH3 is 1. The summed E-state index contributed by atoms with van der Waals surface area (Å²) < 4.78 is 22.8. The lowest BCUT2D eigenvalue weighted by atomic mass is 9.89. The van der Waals surface area contributed by atoms with Crippen LogP contribution in [-0.2, 0) is 22.4 Å². The van der Waals surface area contributed by atoms with Crippen molar-refractivity contribution in [2.45, 2.75) is 82.1 Å². The summed E-state index contributed by atoms with van der Waals surface area (Å²) in [5.74, 6) is -0.0328. The van der Waals surface area contributed by atoms with Crippen molar-refractivity contribution >= 4 is 22.7 Å². The van der Waals surface area contributed by atoms with Crippen LogP contribution in [0.4, 0.5) is 10.2 Å².